The second-order valence-corrected chi connectivity index (χ2v) is 8.65. The smallest absolute Gasteiger partial charge is 0.446 e. The van der Waals surface area contributed by atoms with E-state index in [0.29, 0.717) is 11.3 Å². The molecular weight excluding hydrogens is 481 g/mol. The van der Waals surface area contributed by atoms with E-state index >= 15 is 0 Å². The Bertz CT molecular complexity index is 1410. The van der Waals surface area contributed by atoms with Crippen LogP contribution in [0.3, 0.4) is 0 Å². The summed E-state index contributed by atoms with van der Waals surface area (Å²) in [6.07, 6.45) is 2.88. The van der Waals surface area contributed by atoms with Gasteiger partial charge in [-0.25, -0.2) is 9.36 Å². The van der Waals surface area contributed by atoms with Crippen LogP contribution in [0.15, 0.2) is 82.7 Å². The maximum Gasteiger partial charge on any atom is 0.446 e. The summed E-state index contributed by atoms with van der Waals surface area (Å²) in [7, 11) is 0. The van der Waals surface area contributed by atoms with Gasteiger partial charge in [0.2, 0.25) is 5.88 Å². The van der Waals surface area contributed by atoms with Crippen molar-refractivity contribution in [1.29, 1.82) is 0 Å². The Labute approximate surface area is 201 Å². The summed E-state index contributed by atoms with van der Waals surface area (Å²) in [5, 5.41) is 13.4. The van der Waals surface area contributed by atoms with Crippen LogP contribution in [0.2, 0.25) is 0 Å². The second kappa shape index (κ2) is 9.71. The van der Waals surface area contributed by atoms with Crippen molar-refractivity contribution in [2.24, 2.45) is 0 Å². The van der Waals surface area contributed by atoms with Gasteiger partial charge in [-0.1, -0.05) is 18.2 Å². The van der Waals surface area contributed by atoms with Gasteiger partial charge in [-0.2, -0.15) is 13.2 Å². The molecular formula is C24H19F3N4O3S. The Morgan fingerprint density at radius 3 is 2.43 bits per heavy atom. The average Bonchev–Trinajstić information content (AvgIpc) is 3.03. The number of hydrogen-bond acceptors (Lipinski definition) is 5. The highest BCUT2D eigenvalue weighted by atomic mass is 32.2. The molecule has 0 aliphatic rings. The third kappa shape index (κ3) is 5.40. The maximum atomic E-state index is 13.2. The molecule has 0 aliphatic heterocycles. The topological polar surface area (TPSA) is 89.2 Å². The monoisotopic (exact) mass is 500 g/mol. The van der Waals surface area contributed by atoms with E-state index in [1.807, 2.05) is 6.07 Å². The molecule has 0 atom stereocenters. The van der Waals surface area contributed by atoms with Crippen LogP contribution in [0.1, 0.15) is 21.6 Å². The molecule has 7 nitrogen and oxygen atoms in total. The van der Waals surface area contributed by atoms with Gasteiger partial charge < -0.3 is 10.4 Å². The molecule has 4 aromatic rings. The highest BCUT2D eigenvalue weighted by Crippen LogP contribution is 2.37. The van der Waals surface area contributed by atoms with Gasteiger partial charge in [0.05, 0.1) is 23.5 Å². The molecule has 11 heteroatoms. The fraction of sp³-hybridized carbons (Fsp3) is 0.125. The molecule has 0 saturated carbocycles. The van der Waals surface area contributed by atoms with Crippen molar-refractivity contribution in [3.05, 3.63) is 100 Å². The summed E-state index contributed by atoms with van der Waals surface area (Å²) in [5.74, 6) is -0.762. The van der Waals surface area contributed by atoms with Crippen LogP contribution in [0.4, 0.5) is 18.9 Å². The molecule has 1 amide bonds. The van der Waals surface area contributed by atoms with Gasteiger partial charge in [0.25, 0.3) is 5.91 Å². The first-order chi connectivity index (χ1) is 16.6. The summed E-state index contributed by atoms with van der Waals surface area (Å²) >= 11 is -0.271. The molecule has 0 fully saturated rings. The molecule has 0 aliphatic carbocycles. The molecule has 0 bridgehead atoms. The van der Waals surface area contributed by atoms with Gasteiger partial charge in [-0.15, -0.1) is 0 Å². The minimum absolute atomic E-state index is 0.0344. The second-order valence-electron chi connectivity index (χ2n) is 7.51. The average molecular weight is 501 g/mol. The molecule has 35 heavy (non-hydrogen) atoms. The number of pyridine rings is 1. The number of carbonyl (C=O) groups is 1. The minimum Gasteiger partial charge on any atom is -0.493 e. The van der Waals surface area contributed by atoms with E-state index in [4.69, 9.17) is 0 Å². The summed E-state index contributed by atoms with van der Waals surface area (Å²) in [5.41, 5.74) is -3.27. The van der Waals surface area contributed by atoms with Crippen molar-refractivity contribution in [1.82, 2.24) is 14.1 Å². The number of alkyl halides is 3. The Hall–Kier alpha value is -3.99. The van der Waals surface area contributed by atoms with E-state index < -0.39 is 17.1 Å². The van der Waals surface area contributed by atoms with Crippen LogP contribution in [0.5, 0.6) is 5.88 Å². The van der Waals surface area contributed by atoms with E-state index in [-0.39, 0.29) is 46.0 Å². The predicted octanol–water partition coefficient (Wildman–Crippen LogP) is 4.96. The zero-order chi connectivity index (χ0) is 25.2. The van der Waals surface area contributed by atoms with E-state index in [9.17, 15) is 27.9 Å². The van der Waals surface area contributed by atoms with E-state index in [2.05, 4.69) is 10.3 Å². The lowest BCUT2D eigenvalue weighted by Gasteiger charge is -2.11. The standard InChI is InChI=1S/C24H19F3N4O3S/c1-15-22(33)31(18-7-9-19(10-8-18)35-24(25,26)27)23(34)30(15)14-16-11-12-28-13-20(16)21(32)29-17-5-3-2-4-6-17/h2-13,33H,14H2,1H3,(H,29,32). The first-order valence-electron chi connectivity index (χ1n) is 10.3. The molecule has 2 aromatic carbocycles. The molecule has 2 heterocycles. The van der Waals surface area contributed by atoms with Crippen LogP contribution in [0, 0.1) is 6.92 Å². The third-order valence-electron chi connectivity index (χ3n) is 5.21. The number of imidazole rings is 1. The lowest BCUT2D eigenvalue weighted by Crippen LogP contribution is -2.25. The first-order valence-corrected chi connectivity index (χ1v) is 11.1. The normalized spacial score (nSPS) is 11.4. The Morgan fingerprint density at radius 2 is 1.77 bits per heavy atom. The third-order valence-corrected chi connectivity index (χ3v) is 5.95. The summed E-state index contributed by atoms with van der Waals surface area (Å²) < 4.78 is 40.1. The molecule has 2 aromatic heterocycles. The minimum atomic E-state index is -4.44. The number of benzene rings is 2. The number of para-hydroxylation sites is 1. The van der Waals surface area contributed by atoms with Crippen LogP contribution in [-0.2, 0) is 6.54 Å². The summed E-state index contributed by atoms with van der Waals surface area (Å²) in [6.45, 7) is 1.50. The van der Waals surface area contributed by atoms with Gasteiger partial charge in [0.1, 0.15) is 0 Å². The van der Waals surface area contributed by atoms with E-state index in [0.717, 1.165) is 4.57 Å². The number of hydrogen-bond donors (Lipinski definition) is 2. The molecule has 4 rings (SSSR count). The number of aromatic hydroxyl groups is 1. The van der Waals surface area contributed by atoms with Crippen LogP contribution >= 0.6 is 11.8 Å². The van der Waals surface area contributed by atoms with Crippen molar-refractivity contribution >= 4 is 23.4 Å². The molecule has 180 valence electrons. The van der Waals surface area contributed by atoms with Gasteiger partial charge in [0, 0.05) is 23.0 Å². The van der Waals surface area contributed by atoms with E-state index in [1.54, 1.807) is 30.3 Å². The van der Waals surface area contributed by atoms with Crippen molar-refractivity contribution in [2.45, 2.75) is 23.9 Å². The number of carbonyl (C=O) groups excluding carboxylic acids is 1. The number of nitrogens with one attached hydrogen (secondary N) is 1. The van der Waals surface area contributed by atoms with Gasteiger partial charge in [-0.05, 0) is 66.7 Å². The van der Waals surface area contributed by atoms with Crippen LogP contribution in [0.25, 0.3) is 5.69 Å². The Balaban J connectivity index is 1.64. The SMILES string of the molecule is Cc1c(O)n(-c2ccc(SC(F)(F)F)cc2)c(=O)n1Cc1ccncc1C(=O)Nc1ccccc1. The first kappa shape index (κ1) is 24.1. The number of thioether (sulfide) groups is 1. The van der Waals surface area contributed by atoms with Crippen molar-refractivity contribution in [3.63, 3.8) is 0 Å². The zero-order valence-electron chi connectivity index (χ0n) is 18.3. The van der Waals surface area contributed by atoms with Gasteiger partial charge in [-0.3, -0.25) is 14.3 Å². The number of anilines is 1. The van der Waals surface area contributed by atoms with Gasteiger partial charge >= 0.3 is 11.2 Å². The Kier molecular flexibility index (Phi) is 6.70. The molecule has 2 N–H and O–H groups in total. The Morgan fingerprint density at radius 1 is 1.09 bits per heavy atom. The van der Waals surface area contributed by atoms with Crippen molar-refractivity contribution in [3.8, 4) is 11.6 Å². The highest BCUT2D eigenvalue weighted by molar-refractivity contribution is 8.00. The van der Waals surface area contributed by atoms with Crippen molar-refractivity contribution < 1.29 is 23.1 Å². The quantitative estimate of drug-likeness (QED) is 0.366. The lowest BCUT2D eigenvalue weighted by molar-refractivity contribution is -0.0328. The zero-order valence-corrected chi connectivity index (χ0v) is 19.1. The molecule has 0 unspecified atom stereocenters. The summed E-state index contributed by atoms with van der Waals surface area (Å²) in [4.78, 5) is 30.0. The van der Waals surface area contributed by atoms with Crippen LogP contribution < -0.4 is 11.0 Å². The lowest BCUT2D eigenvalue weighted by atomic mass is 10.1. The van der Waals surface area contributed by atoms with Gasteiger partial charge in [0.15, 0.2) is 0 Å². The van der Waals surface area contributed by atoms with Crippen molar-refractivity contribution in [2.75, 3.05) is 5.32 Å². The van der Waals surface area contributed by atoms with E-state index in [1.165, 1.54) is 48.1 Å². The fourth-order valence-electron chi connectivity index (χ4n) is 3.51. The number of aromatic nitrogens is 3. The number of amides is 1. The predicted molar refractivity (Wildman–Crippen MR) is 126 cm³/mol. The maximum absolute atomic E-state index is 13.2. The highest BCUT2D eigenvalue weighted by Gasteiger charge is 2.29. The molecule has 0 radical (unpaired) electrons. The molecule has 0 saturated heterocycles. The molecule has 0 spiro atoms. The summed E-state index contributed by atoms with van der Waals surface area (Å²) in [6, 6.07) is 15.5. The number of halogens is 3. The van der Waals surface area contributed by atoms with Crippen LogP contribution in [-0.4, -0.2) is 30.6 Å². The fourth-order valence-corrected chi connectivity index (χ4v) is 4.05. The number of nitrogens with zero attached hydrogens (tertiary/aromatic N) is 3. The number of rotatable bonds is 6. The largest absolute Gasteiger partial charge is 0.493 e.